The first-order chi connectivity index (χ1) is 16.8. The van der Waals surface area contributed by atoms with Crippen molar-refractivity contribution in [1.29, 1.82) is 0 Å². The summed E-state index contributed by atoms with van der Waals surface area (Å²) >= 11 is 1.76. The van der Waals surface area contributed by atoms with Gasteiger partial charge in [-0.3, -0.25) is 0 Å². The highest BCUT2D eigenvalue weighted by atomic mass is 32.2. The minimum absolute atomic E-state index is 0.0477. The minimum Gasteiger partial charge on any atom is -0.406 e. The summed E-state index contributed by atoms with van der Waals surface area (Å²) in [6.45, 7) is 3.37. The number of nitrogens with zero attached hydrogens (tertiary/aromatic N) is 1. The fourth-order valence-corrected chi connectivity index (χ4v) is 5.11. The number of likely N-dealkylation sites (tertiary alicyclic amines) is 1. The van der Waals surface area contributed by atoms with Crippen LogP contribution in [0.2, 0.25) is 0 Å². The topological polar surface area (TPSA) is 41.6 Å². The molecule has 1 aliphatic heterocycles. The van der Waals surface area contributed by atoms with Crippen LogP contribution in [-0.4, -0.2) is 36.1 Å². The second-order valence-corrected chi connectivity index (χ2v) is 9.72. The van der Waals surface area contributed by atoms with Crippen LogP contribution in [0.15, 0.2) is 83.8 Å². The number of hydrogen-bond donors (Lipinski definition) is 1. The van der Waals surface area contributed by atoms with Crippen molar-refractivity contribution < 1.29 is 22.7 Å². The lowest BCUT2D eigenvalue weighted by atomic mass is 9.84. The molecule has 1 saturated heterocycles. The van der Waals surface area contributed by atoms with E-state index in [4.69, 9.17) is 0 Å². The van der Waals surface area contributed by atoms with Crippen LogP contribution in [-0.2, 0) is 6.54 Å². The Morgan fingerprint density at radius 2 is 1.63 bits per heavy atom. The van der Waals surface area contributed by atoms with Crippen LogP contribution in [0.4, 0.5) is 18.0 Å². The number of alkyl halides is 3. The Morgan fingerprint density at radius 1 is 0.971 bits per heavy atom. The van der Waals surface area contributed by atoms with Crippen molar-refractivity contribution in [3.63, 3.8) is 0 Å². The van der Waals surface area contributed by atoms with Gasteiger partial charge in [0.25, 0.3) is 0 Å². The number of urea groups is 1. The molecular formula is C27H27F3N2O2S. The molecule has 0 aliphatic carbocycles. The van der Waals surface area contributed by atoms with Crippen LogP contribution in [0, 0.1) is 0 Å². The number of amides is 2. The Labute approximate surface area is 207 Å². The average Bonchev–Trinajstić information content (AvgIpc) is 3.29. The quantitative estimate of drug-likeness (QED) is 0.363. The van der Waals surface area contributed by atoms with Crippen LogP contribution < -0.4 is 10.1 Å². The Hall–Kier alpha value is -3.13. The molecule has 3 aromatic carbocycles. The Kier molecular flexibility index (Phi) is 7.90. The average molecular weight is 501 g/mol. The van der Waals surface area contributed by atoms with Crippen molar-refractivity contribution >= 4 is 17.8 Å². The smallest absolute Gasteiger partial charge is 0.406 e. The molecule has 8 heteroatoms. The van der Waals surface area contributed by atoms with E-state index in [0.717, 1.165) is 16.9 Å². The van der Waals surface area contributed by atoms with Crippen LogP contribution in [0.1, 0.15) is 35.4 Å². The summed E-state index contributed by atoms with van der Waals surface area (Å²) in [5.74, 6) is 0.535. The summed E-state index contributed by atoms with van der Waals surface area (Å²) in [6.07, 6.45) is -4.76. The molecule has 184 valence electrons. The minimum atomic E-state index is -4.76. The third kappa shape index (κ3) is 6.72. The third-order valence-corrected chi connectivity index (χ3v) is 6.93. The van der Waals surface area contributed by atoms with Gasteiger partial charge < -0.3 is 15.0 Å². The van der Waals surface area contributed by atoms with Gasteiger partial charge in [-0.15, -0.1) is 24.9 Å². The molecule has 2 atom stereocenters. The van der Waals surface area contributed by atoms with Crippen LogP contribution in [0.3, 0.4) is 0 Å². The zero-order valence-corrected chi connectivity index (χ0v) is 20.1. The van der Waals surface area contributed by atoms with Crippen LogP contribution in [0.25, 0.3) is 0 Å². The number of halogens is 3. The molecule has 0 spiro atoms. The predicted octanol–water partition coefficient (Wildman–Crippen LogP) is 6.79. The van der Waals surface area contributed by atoms with Crippen molar-refractivity contribution in [3.8, 4) is 5.75 Å². The van der Waals surface area contributed by atoms with E-state index in [0.29, 0.717) is 25.2 Å². The van der Waals surface area contributed by atoms with E-state index >= 15 is 0 Å². The van der Waals surface area contributed by atoms with Gasteiger partial charge in [0.2, 0.25) is 0 Å². The van der Waals surface area contributed by atoms with Gasteiger partial charge in [0.1, 0.15) is 5.75 Å². The van der Waals surface area contributed by atoms with Crippen LogP contribution >= 0.6 is 11.8 Å². The summed E-state index contributed by atoms with van der Waals surface area (Å²) in [5, 5.41) is 2.99. The fraction of sp³-hybridized carbons (Fsp3) is 0.296. The SMILES string of the molecule is CCSc1ccc(CNC(=O)N2CC(c3ccccc3)C(c3cccc(OC(F)(F)F)c3)C2)cc1. The van der Waals surface area contributed by atoms with E-state index in [-0.39, 0.29) is 23.6 Å². The standard InChI is InChI=1S/C27H27F3N2O2S/c1-2-35-23-13-11-19(12-14-23)16-31-26(33)32-17-24(20-7-4-3-5-8-20)25(18-32)21-9-6-10-22(15-21)34-27(28,29)30/h3-15,24-25H,2,16-18H2,1H3,(H,31,33). The number of hydrogen-bond acceptors (Lipinski definition) is 3. The first-order valence-electron chi connectivity index (χ1n) is 11.5. The van der Waals surface area contributed by atoms with Gasteiger partial charge in [-0.2, -0.15) is 0 Å². The highest BCUT2D eigenvalue weighted by Crippen LogP contribution is 2.41. The maximum Gasteiger partial charge on any atom is 0.573 e. The Balaban J connectivity index is 1.49. The highest BCUT2D eigenvalue weighted by molar-refractivity contribution is 7.99. The number of nitrogens with one attached hydrogen (secondary N) is 1. The van der Waals surface area contributed by atoms with Crippen molar-refractivity contribution in [2.45, 2.75) is 36.6 Å². The zero-order chi connectivity index (χ0) is 24.8. The lowest BCUT2D eigenvalue weighted by Crippen LogP contribution is -2.38. The number of thioether (sulfide) groups is 1. The van der Waals surface area contributed by atoms with Gasteiger partial charge in [-0.25, -0.2) is 4.79 Å². The number of benzene rings is 3. The molecule has 0 saturated carbocycles. The number of carbonyl (C=O) groups excluding carboxylic acids is 1. The summed E-state index contributed by atoms with van der Waals surface area (Å²) in [6, 6.07) is 23.7. The normalized spacial score (nSPS) is 17.9. The first-order valence-corrected chi connectivity index (χ1v) is 12.5. The highest BCUT2D eigenvalue weighted by Gasteiger charge is 2.38. The summed E-state index contributed by atoms with van der Waals surface area (Å²) < 4.78 is 42.4. The molecule has 2 amide bonds. The molecule has 0 aromatic heterocycles. The Bertz CT molecular complexity index is 1120. The van der Waals surface area contributed by atoms with E-state index in [1.807, 2.05) is 54.6 Å². The van der Waals surface area contributed by atoms with Crippen molar-refractivity contribution in [1.82, 2.24) is 10.2 Å². The second-order valence-electron chi connectivity index (χ2n) is 8.38. The molecule has 35 heavy (non-hydrogen) atoms. The van der Waals surface area contributed by atoms with Gasteiger partial charge in [0.05, 0.1) is 0 Å². The van der Waals surface area contributed by atoms with Gasteiger partial charge in [0, 0.05) is 36.4 Å². The molecule has 4 rings (SSSR count). The van der Waals surface area contributed by atoms with Crippen molar-refractivity contribution in [2.24, 2.45) is 0 Å². The molecule has 1 aliphatic rings. The van der Waals surface area contributed by atoms with Crippen molar-refractivity contribution in [2.75, 3.05) is 18.8 Å². The summed E-state index contributed by atoms with van der Waals surface area (Å²) in [5.41, 5.74) is 2.75. The van der Waals surface area contributed by atoms with Crippen LogP contribution in [0.5, 0.6) is 5.75 Å². The van der Waals surface area contributed by atoms with E-state index < -0.39 is 6.36 Å². The van der Waals surface area contributed by atoms with E-state index in [1.165, 1.54) is 17.0 Å². The summed E-state index contributed by atoms with van der Waals surface area (Å²) in [7, 11) is 0. The van der Waals surface area contributed by atoms with E-state index in [1.54, 1.807) is 28.8 Å². The van der Waals surface area contributed by atoms with Crippen molar-refractivity contribution in [3.05, 3.63) is 95.6 Å². The molecule has 0 radical (unpaired) electrons. The molecule has 1 fully saturated rings. The molecule has 2 unspecified atom stereocenters. The van der Waals surface area contributed by atoms with Gasteiger partial charge in [-0.05, 0) is 46.7 Å². The van der Waals surface area contributed by atoms with Gasteiger partial charge in [-0.1, -0.05) is 61.5 Å². The molecule has 3 aromatic rings. The number of rotatable bonds is 7. The molecule has 1 heterocycles. The Morgan fingerprint density at radius 3 is 2.29 bits per heavy atom. The lowest BCUT2D eigenvalue weighted by Gasteiger charge is -2.20. The monoisotopic (exact) mass is 500 g/mol. The molecular weight excluding hydrogens is 473 g/mol. The van der Waals surface area contributed by atoms with E-state index in [9.17, 15) is 18.0 Å². The maximum absolute atomic E-state index is 13.0. The number of carbonyl (C=O) groups is 1. The zero-order valence-electron chi connectivity index (χ0n) is 19.3. The second kappa shape index (κ2) is 11.1. The molecule has 1 N–H and O–H groups in total. The number of ether oxygens (including phenoxy) is 1. The predicted molar refractivity (Wildman–Crippen MR) is 132 cm³/mol. The van der Waals surface area contributed by atoms with Gasteiger partial charge >= 0.3 is 12.4 Å². The first kappa shape index (κ1) is 25.0. The van der Waals surface area contributed by atoms with Gasteiger partial charge in [0.15, 0.2) is 0 Å². The molecule has 0 bridgehead atoms. The molecule has 4 nitrogen and oxygen atoms in total. The summed E-state index contributed by atoms with van der Waals surface area (Å²) in [4.78, 5) is 16.0. The third-order valence-electron chi connectivity index (χ3n) is 6.03. The van der Waals surface area contributed by atoms with E-state index in [2.05, 4.69) is 17.0 Å². The fourth-order valence-electron chi connectivity index (χ4n) is 4.45. The largest absolute Gasteiger partial charge is 0.573 e. The maximum atomic E-state index is 13.0. The lowest BCUT2D eigenvalue weighted by molar-refractivity contribution is -0.274.